The lowest BCUT2D eigenvalue weighted by Crippen LogP contribution is -2.15. The normalized spacial score (nSPS) is 22.3. The summed E-state index contributed by atoms with van der Waals surface area (Å²) >= 11 is 0. The van der Waals surface area contributed by atoms with Gasteiger partial charge in [0.25, 0.3) is 0 Å². The highest BCUT2D eigenvalue weighted by Crippen LogP contribution is 2.37. The first kappa shape index (κ1) is 16.3. The average Bonchev–Trinajstić information content (AvgIpc) is 2.76. The van der Waals surface area contributed by atoms with Crippen molar-refractivity contribution in [3.05, 3.63) is 11.6 Å². The highest BCUT2D eigenvalue weighted by molar-refractivity contribution is 5.69. The summed E-state index contributed by atoms with van der Waals surface area (Å²) in [5, 5.41) is 0. The van der Waals surface area contributed by atoms with Gasteiger partial charge in [0.05, 0.1) is 0 Å². The molecule has 2 unspecified atom stereocenters. The Morgan fingerprint density at radius 2 is 1.95 bits per heavy atom. The van der Waals surface area contributed by atoms with E-state index in [1.54, 1.807) is 0 Å². The van der Waals surface area contributed by atoms with Crippen molar-refractivity contribution in [2.45, 2.75) is 72.1 Å². The summed E-state index contributed by atoms with van der Waals surface area (Å²) in [4.78, 5) is 11.8. The van der Waals surface area contributed by atoms with Crippen LogP contribution in [-0.2, 0) is 9.53 Å². The third-order valence-electron chi connectivity index (χ3n) is 4.16. The summed E-state index contributed by atoms with van der Waals surface area (Å²) in [7, 11) is 0. The van der Waals surface area contributed by atoms with E-state index in [1.807, 2.05) is 19.9 Å². The third-order valence-corrected chi connectivity index (χ3v) is 4.16. The predicted molar refractivity (Wildman–Crippen MR) is 80.0 cm³/mol. The monoisotopic (exact) mass is 266 g/mol. The van der Waals surface area contributed by atoms with Crippen LogP contribution in [0.5, 0.6) is 0 Å². The second-order valence-corrected chi connectivity index (χ2v) is 6.12. The Bertz CT molecular complexity index is 290. The highest BCUT2D eigenvalue weighted by atomic mass is 16.5. The van der Waals surface area contributed by atoms with Crippen LogP contribution >= 0.6 is 0 Å². The zero-order valence-electron chi connectivity index (χ0n) is 12.9. The minimum absolute atomic E-state index is 0.00936. The highest BCUT2D eigenvalue weighted by Gasteiger charge is 2.28. The van der Waals surface area contributed by atoms with Gasteiger partial charge >= 0.3 is 5.97 Å². The fourth-order valence-electron chi connectivity index (χ4n) is 2.99. The van der Waals surface area contributed by atoms with Gasteiger partial charge in [0, 0.05) is 6.42 Å². The van der Waals surface area contributed by atoms with E-state index in [-0.39, 0.29) is 5.97 Å². The van der Waals surface area contributed by atoms with Crippen molar-refractivity contribution in [2.24, 2.45) is 11.8 Å². The quantitative estimate of drug-likeness (QED) is 0.355. The molecule has 1 aliphatic rings. The van der Waals surface area contributed by atoms with Crippen LogP contribution in [0.25, 0.3) is 0 Å². The lowest BCUT2D eigenvalue weighted by molar-refractivity contribution is -0.143. The predicted octanol–water partition coefficient (Wildman–Crippen LogP) is 4.88. The molecule has 2 nitrogen and oxygen atoms in total. The van der Waals surface area contributed by atoms with Crippen LogP contribution in [0.3, 0.4) is 0 Å². The summed E-state index contributed by atoms with van der Waals surface area (Å²) in [6.07, 6.45) is 11.7. The van der Waals surface area contributed by atoms with Gasteiger partial charge < -0.3 is 4.74 Å². The summed E-state index contributed by atoms with van der Waals surface area (Å²) in [6.45, 7) is 6.73. The molecule has 0 bridgehead atoms. The van der Waals surface area contributed by atoms with Crippen LogP contribution in [0.15, 0.2) is 11.6 Å². The molecule has 1 rings (SSSR count). The van der Waals surface area contributed by atoms with Crippen molar-refractivity contribution in [3.8, 4) is 0 Å². The number of rotatable bonds is 8. The molecule has 110 valence electrons. The standard InChI is InChI=1S/C17H30O2/c1-4-5-6-8-15-9-7-10-16(15)13-17(18)19-12-11-14(2)3/h11,15-16H,4-10,12-13H2,1-3H3. The first-order chi connectivity index (χ1) is 9.13. The number of carbonyl (C=O) groups is 1. The minimum Gasteiger partial charge on any atom is -0.461 e. The van der Waals surface area contributed by atoms with Gasteiger partial charge in [0.15, 0.2) is 0 Å². The fraction of sp³-hybridized carbons (Fsp3) is 0.824. The lowest BCUT2D eigenvalue weighted by Gasteiger charge is -2.18. The van der Waals surface area contributed by atoms with Crippen molar-refractivity contribution in [1.82, 2.24) is 0 Å². The molecule has 2 atom stereocenters. The molecule has 0 saturated heterocycles. The zero-order valence-corrected chi connectivity index (χ0v) is 12.9. The van der Waals surface area contributed by atoms with Gasteiger partial charge in [-0.2, -0.15) is 0 Å². The summed E-state index contributed by atoms with van der Waals surface area (Å²) in [5.74, 6) is 1.34. The fourth-order valence-corrected chi connectivity index (χ4v) is 2.99. The minimum atomic E-state index is -0.00936. The zero-order chi connectivity index (χ0) is 14.1. The van der Waals surface area contributed by atoms with Crippen LogP contribution in [0.2, 0.25) is 0 Å². The Balaban J connectivity index is 2.25. The SMILES string of the molecule is CCCCCC1CCCC1CC(=O)OCC=C(C)C. The van der Waals surface area contributed by atoms with E-state index in [9.17, 15) is 4.79 Å². The molecular formula is C17H30O2. The number of unbranched alkanes of at least 4 members (excludes halogenated alkanes) is 2. The summed E-state index contributed by atoms with van der Waals surface area (Å²) < 4.78 is 5.27. The molecule has 0 aromatic rings. The summed E-state index contributed by atoms with van der Waals surface area (Å²) in [5.41, 5.74) is 1.20. The van der Waals surface area contributed by atoms with Crippen LogP contribution < -0.4 is 0 Å². The van der Waals surface area contributed by atoms with E-state index >= 15 is 0 Å². The molecule has 0 spiro atoms. The van der Waals surface area contributed by atoms with Crippen molar-refractivity contribution in [1.29, 1.82) is 0 Å². The molecular weight excluding hydrogens is 236 g/mol. The van der Waals surface area contributed by atoms with Gasteiger partial charge in [-0.3, -0.25) is 4.79 Å². The second kappa shape index (κ2) is 9.17. The Morgan fingerprint density at radius 1 is 1.21 bits per heavy atom. The van der Waals surface area contributed by atoms with E-state index in [0.29, 0.717) is 18.9 Å². The van der Waals surface area contributed by atoms with Crippen LogP contribution in [0, 0.1) is 11.8 Å². The molecule has 0 aliphatic heterocycles. The van der Waals surface area contributed by atoms with Crippen LogP contribution in [-0.4, -0.2) is 12.6 Å². The van der Waals surface area contributed by atoms with Crippen molar-refractivity contribution in [3.63, 3.8) is 0 Å². The molecule has 1 saturated carbocycles. The molecule has 0 amide bonds. The lowest BCUT2D eigenvalue weighted by atomic mass is 9.88. The van der Waals surface area contributed by atoms with Crippen molar-refractivity contribution >= 4 is 5.97 Å². The average molecular weight is 266 g/mol. The number of esters is 1. The van der Waals surface area contributed by atoms with E-state index in [4.69, 9.17) is 4.74 Å². The molecule has 0 radical (unpaired) electrons. The molecule has 2 heteroatoms. The van der Waals surface area contributed by atoms with Gasteiger partial charge in [0.1, 0.15) is 6.61 Å². The Kier molecular flexibility index (Phi) is 7.85. The van der Waals surface area contributed by atoms with Gasteiger partial charge in [-0.15, -0.1) is 0 Å². The molecule has 0 aromatic heterocycles. The van der Waals surface area contributed by atoms with Gasteiger partial charge in [-0.25, -0.2) is 0 Å². The Hall–Kier alpha value is -0.790. The second-order valence-electron chi connectivity index (χ2n) is 6.12. The maximum absolute atomic E-state index is 11.8. The number of ether oxygens (including phenoxy) is 1. The molecule has 1 fully saturated rings. The Morgan fingerprint density at radius 3 is 2.63 bits per heavy atom. The molecule has 19 heavy (non-hydrogen) atoms. The molecule has 0 heterocycles. The molecule has 1 aliphatic carbocycles. The van der Waals surface area contributed by atoms with Gasteiger partial charge in [0.2, 0.25) is 0 Å². The smallest absolute Gasteiger partial charge is 0.306 e. The van der Waals surface area contributed by atoms with Crippen LogP contribution in [0.1, 0.15) is 72.1 Å². The van der Waals surface area contributed by atoms with E-state index < -0.39 is 0 Å². The van der Waals surface area contributed by atoms with Gasteiger partial charge in [-0.05, 0) is 38.2 Å². The molecule has 0 N–H and O–H groups in total. The number of allylic oxidation sites excluding steroid dienone is 1. The molecule has 0 aromatic carbocycles. The van der Waals surface area contributed by atoms with Gasteiger partial charge in [-0.1, -0.05) is 51.0 Å². The van der Waals surface area contributed by atoms with E-state index in [2.05, 4.69) is 6.92 Å². The third kappa shape index (κ3) is 6.79. The number of hydrogen-bond donors (Lipinski definition) is 0. The first-order valence-corrected chi connectivity index (χ1v) is 7.92. The van der Waals surface area contributed by atoms with E-state index in [1.165, 1.54) is 50.5 Å². The summed E-state index contributed by atoms with van der Waals surface area (Å²) in [6, 6.07) is 0. The van der Waals surface area contributed by atoms with Crippen molar-refractivity contribution in [2.75, 3.05) is 6.61 Å². The van der Waals surface area contributed by atoms with Crippen LogP contribution in [0.4, 0.5) is 0 Å². The maximum atomic E-state index is 11.8. The largest absolute Gasteiger partial charge is 0.461 e. The number of carbonyl (C=O) groups excluding carboxylic acids is 1. The van der Waals surface area contributed by atoms with E-state index in [0.717, 1.165) is 5.92 Å². The Labute approximate surface area is 118 Å². The maximum Gasteiger partial charge on any atom is 0.306 e. The topological polar surface area (TPSA) is 26.3 Å². The first-order valence-electron chi connectivity index (χ1n) is 7.92. The number of hydrogen-bond acceptors (Lipinski definition) is 2. The van der Waals surface area contributed by atoms with Crippen molar-refractivity contribution < 1.29 is 9.53 Å².